The molecule has 0 fully saturated rings. The van der Waals surface area contributed by atoms with Gasteiger partial charge in [-0.2, -0.15) is 0 Å². The molecular weight excluding hydrogens is 232 g/mol. The predicted molar refractivity (Wildman–Crippen MR) is 51.5 cm³/mol. The highest BCUT2D eigenvalue weighted by atomic mass is 33.1. The van der Waals surface area contributed by atoms with Crippen molar-refractivity contribution < 1.29 is 0 Å². The molecule has 0 N–H and O–H groups in total. The minimum absolute atomic E-state index is 0.940. The normalized spacial score (nSPS) is 10.3. The number of hydrogen-bond acceptors (Lipinski definition) is 8. The second-order valence-electron chi connectivity index (χ2n) is 1.58. The summed E-state index contributed by atoms with van der Waals surface area (Å²) < 4.78 is 1.88. The van der Waals surface area contributed by atoms with Crippen LogP contribution in [0.5, 0.6) is 0 Å². The zero-order valence-corrected chi connectivity index (χ0v) is 8.84. The number of nitrogens with zero attached hydrogens (tertiary/aromatic N) is 4. The summed E-state index contributed by atoms with van der Waals surface area (Å²) in [4.78, 5) is 0. The van der Waals surface area contributed by atoms with Gasteiger partial charge in [-0.1, -0.05) is 22.7 Å². The topological polar surface area (TPSA) is 51.6 Å². The van der Waals surface area contributed by atoms with Crippen LogP contribution in [0.2, 0.25) is 0 Å². The lowest BCUT2D eigenvalue weighted by atomic mass is 11.6. The van der Waals surface area contributed by atoms with E-state index < -0.39 is 0 Å². The molecule has 0 aliphatic heterocycles. The Balaban J connectivity index is 1.91. The van der Waals surface area contributed by atoms with Gasteiger partial charge in [-0.3, -0.25) is 0 Å². The van der Waals surface area contributed by atoms with Crippen LogP contribution in [-0.4, -0.2) is 20.4 Å². The number of hydrogen-bond donors (Lipinski definition) is 0. The molecule has 0 radical (unpaired) electrons. The van der Waals surface area contributed by atoms with Crippen LogP contribution in [0.15, 0.2) is 19.7 Å². The minimum Gasteiger partial charge on any atom is -0.146 e. The summed E-state index contributed by atoms with van der Waals surface area (Å²) in [5.74, 6) is 0. The largest absolute Gasteiger partial charge is 0.185 e. The van der Waals surface area contributed by atoms with Crippen molar-refractivity contribution in [2.45, 2.75) is 8.68 Å². The zero-order valence-electron chi connectivity index (χ0n) is 5.58. The van der Waals surface area contributed by atoms with Gasteiger partial charge in [0.2, 0.25) is 0 Å². The molecule has 0 bridgehead atoms. The van der Waals surface area contributed by atoms with E-state index in [4.69, 9.17) is 0 Å². The van der Waals surface area contributed by atoms with E-state index in [1.807, 2.05) is 0 Å². The maximum atomic E-state index is 3.88. The zero-order chi connectivity index (χ0) is 8.23. The standard InChI is InChI=1S/C4H2N4S4/c1-5-7-3(9-1)11-12-4-8-6-2-10-4/h1-2H. The van der Waals surface area contributed by atoms with Crippen molar-refractivity contribution in [3.05, 3.63) is 11.0 Å². The molecule has 2 rings (SSSR count). The Labute approximate surface area is 84.2 Å². The monoisotopic (exact) mass is 234 g/mol. The molecule has 2 aromatic rings. The highest BCUT2D eigenvalue weighted by molar-refractivity contribution is 8.77. The van der Waals surface area contributed by atoms with Crippen LogP contribution in [0.1, 0.15) is 0 Å². The molecule has 62 valence electrons. The second-order valence-corrected chi connectivity index (χ2v) is 5.87. The van der Waals surface area contributed by atoms with Gasteiger partial charge in [0.1, 0.15) is 11.0 Å². The molecule has 12 heavy (non-hydrogen) atoms. The van der Waals surface area contributed by atoms with E-state index in [1.165, 1.54) is 22.7 Å². The van der Waals surface area contributed by atoms with Crippen LogP contribution in [0.4, 0.5) is 0 Å². The third kappa shape index (κ3) is 2.16. The third-order valence-corrected chi connectivity index (χ3v) is 5.27. The Bertz CT molecular complexity index is 282. The van der Waals surface area contributed by atoms with Crippen LogP contribution in [-0.2, 0) is 0 Å². The van der Waals surface area contributed by atoms with Crippen LogP contribution in [0.25, 0.3) is 0 Å². The summed E-state index contributed by atoms with van der Waals surface area (Å²) in [5, 5.41) is 15.2. The van der Waals surface area contributed by atoms with Gasteiger partial charge in [0.15, 0.2) is 8.68 Å². The first kappa shape index (κ1) is 8.42. The molecule has 0 amide bonds. The van der Waals surface area contributed by atoms with Gasteiger partial charge in [-0.05, 0) is 21.6 Å². The van der Waals surface area contributed by atoms with Crippen molar-refractivity contribution in [3.63, 3.8) is 0 Å². The van der Waals surface area contributed by atoms with Gasteiger partial charge in [0.05, 0.1) is 0 Å². The fourth-order valence-corrected chi connectivity index (χ4v) is 3.85. The Morgan fingerprint density at radius 1 is 0.917 bits per heavy atom. The van der Waals surface area contributed by atoms with Crippen molar-refractivity contribution in [3.8, 4) is 0 Å². The lowest BCUT2D eigenvalue weighted by molar-refractivity contribution is 1.01. The fraction of sp³-hybridized carbons (Fsp3) is 0. The lowest BCUT2D eigenvalue weighted by Gasteiger charge is -1.87. The highest BCUT2D eigenvalue weighted by Crippen LogP contribution is 2.37. The van der Waals surface area contributed by atoms with Gasteiger partial charge in [-0.25, -0.2) is 0 Å². The predicted octanol–water partition coefficient (Wildman–Crippen LogP) is 2.19. The van der Waals surface area contributed by atoms with Crippen molar-refractivity contribution >= 4 is 44.3 Å². The van der Waals surface area contributed by atoms with Crippen LogP contribution in [0.3, 0.4) is 0 Å². The molecule has 8 heteroatoms. The Morgan fingerprint density at radius 2 is 1.42 bits per heavy atom. The lowest BCUT2D eigenvalue weighted by Crippen LogP contribution is -1.67. The number of aromatic nitrogens is 4. The minimum atomic E-state index is 0.940. The molecule has 0 saturated heterocycles. The van der Waals surface area contributed by atoms with Gasteiger partial charge in [0, 0.05) is 0 Å². The van der Waals surface area contributed by atoms with E-state index in [0.717, 1.165) is 8.68 Å². The van der Waals surface area contributed by atoms with E-state index in [-0.39, 0.29) is 0 Å². The van der Waals surface area contributed by atoms with Crippen LogP contribution >= 0.6 is 44.3 Å². The molecule has 0 unspecified atom stereocenters. The van der Waals surface area contributed by atoms with Gasteiger partial charge >= 0.3 is 0 Å². The van der Waals surface area contributed by atoms with E-state index >= 15 is 0 Å². The molecule has 2 heterocycles. The van der Waals surface area contributed by atoms with Gasteiger partial charge in [0.25, 0.3) is 0 Å². The molecule has 0 aliphatic rings. The van der Waals surface area contributed by atoms with Gasteiger partial charge in [-0.15, -0.1) is 20.4 Å². The first-order chi connectivity index (χ1) is 5.95. The van der Waals surface area contributed by atoms with Crippen molar-refractivity contribution in [2.24, 2.45) is 0 Å². The highest BCUT2D eigenvalue weighted by Gasteiger charge is 2.02. The molecular formula is C4H2N4S4. The molecule has 0 atom stereocenters. The van der Waals surface area contributed by atoms with Crippen LogP contribution < -0.4 is 0 Å². The average Bonchev–Trinajstić information content (AvgIpc) is 2.74. The summed E-state index contributed by atoms with van der Waals surface area (Å²) in [6, 6.07) is 0. The average molecular weight is 234 g/mol. The molecule has 0 aliphatic carbocycles. The fourth-order valence-electron chi connectivity index (χ4n) is 0.470. The van der Waals surface area contributed by atoms with Crippen molar-refractivity contribution in [2.75, 3.05) is 0 Å². The Kier molecular flexibility index (Phi) is 2.93. The van der Waals surface area contributed by atoms with Crippen molar-refractivity contribution in [1.29, 1.82) is 0 Å². The van der Waals surface area contributed by atoms with E-state index in [0.29, 0.717) is 0 Å². The first-order valence-corrected chi connectivity index (χ1v) is 6.73. The summed E-state index contributed by atoms with van der Waals surface area (Å²) >= 11 is 3.04. The Hall–Kier alpha value is -0.180. The smallest absolute Gasteiger partial charge is 0.146 e. The van der Waals surface area contributed by atoms with E-state index in [2.05, 4.69) is 20.4 Å². The first-order valence-electron chi connectivity index (χ1n) is 2.82. The molecule has 4 nitrogen and oxygen atoms in total. The third-order valence-electron chi connectivity index (χ3n) is 0.864. The van der Waals surface area contributed by atoms with Gasteiger partial charge < -0.3 is 0 Å². The summed E-state index contributed by atoms with van der Waals surface area (Å²) in [6.45, 7) is 0. The maximum Gasteiger partial charge on any atom is 0.185 e. The Morgan fingerprint density at radius 3 is 1.75 bits per heavy atom. The summed E-state index contributed by atoms with van der Waals surface area (Å²) in [5.41, 5.74) is 3.42. The summed E-state index contributed by atoms with van der Waals surface area (Å²) in [7, 11) is 3.11. The second kappa shape index (κ2) is 4.17. The molecule has 0 aromatic carbocycles. The van der Waals surface area contributed by atoms with Crippen molar-refractivity contribution in [1.82, 2.24) is 20.4 Å². The number of rotatable bonds is 3. The van der Waals surface area contributed by atoms with E-state index in [1.54, 1.807) is 32.6 Å². The SMILES string of the molecule is c1nnc(SSc2nncs2)s1. The quantitative estimate of drug-likeness (QED) is 0.759. The molecule has 2 aromatic heterocycles. The maximum absolute atomic E-state index is 3.88. The molecule has 0 spiro atoms. The van der Waals surface area contributed by atoms with Crippen LogP contribution in [0, 0.1) is 0 Å². The molecule has 0 saturated carbocycles. The summed E-state index contributed by atoms with van der Waals surface area (Å²) in [6.07, 6.45) is 0. The van der Waals surface area contributed by atoms with E-state index in [9.17, 15) is 0 Å².